The van der Waals surface area contributed by atoms with Gasteiger partial charge in [-0.05, 0) is 12.1 Å². The molecular weight excluding hydrogens is 370 g/mol. The van der Waals surface area contributed by atoms with Crippen LogP contribution >= 0.6 is 0 Å². The third-order valence-electron chi connectivity index (χ3n) is 2.78. The van der Waals surface area contributed by atoms with Crippen LogP contribution in [0.4, 0.5) is 10.7 Å². The summed E-state index contributed by atoms with van der Waals surface area (Å²) in [5, 5.41) is 11.0. The SMILES string of the molecule is COc1nc(C=O)nc(NC(=O)NS(=O)(=O)c2ccccc2C(=O)O)n1. The molecule has 0 saturated heterocycles. The molecule has 0 aliphatic carbocycles. The first kappa shape index (κ1) is 18.7. The Labute approximate surface area is 146 Å². The summed E-state index contributed by atoms with van der Waals surface area (Å²) in [5.41, 5.74) is -0.516. The molecule has 26 heavy (non-hydrogen) atoms. The number of aromatic nitrogens is 3. The lowest BCUT2D eigenvalue weighted by atomic mass is 10.2. The highest BCUT2D eigenvalue weighted by molar-refractivity contribution is 7.90. The summed E-state index contributed by atoms with van der Waals surface area (Å²) in [7, 11) is -3.29. The van der Waals surface area contributed by atoms with E-state index in [1.165, 1.54) is 19.2 Å². The van der Waals surface area contributed by atoms with Gasteiger partial charge in [0.15, 0.2) is 6.29 Å². The van der Waals surface area contributed by atoms with Crippen LogP contribution in [0.1, 0.15) is 21.0 Å². The molecule has 136 valence electrons. The Morgan fingerprint density at radius 2 is 1.88 bits per heavy atom. The molecule has 0 saturated carbocycles. The van der Waals surface area contributed by atoms with Crippen LogP contribution in [0.3, 0.4) is 0 Å². The van der Waals surface area contributed by atoms with Gasteiger partial charge in [-0.2, -0.15) is 15.0 Å². The third-order valence-corrected chi connectivity index (χ3v) is 4.17. The van der Waals surface area contributed by atoms with Crippen LogP contribution in [0.25, 0.3) is 0 Å². The minimum atomic E-state index is -4.50. The molecule has 0 aliphatic rings. The lowest BCUT2D eigenvalue weighted by Gasteiger charge is -2.10. The van der Waals surface area contributed by atoms with Crippen LogP contribution in [-0.4, -0.2) is 53.9 Å². The van der Waals surface area contributed by atoms with E-state index in [0.29, 0.717) is 0 Å². The Bertz CT molecular complexity index is 977. The average molecular weight is 381 g/mol. The van der Waals surface area contributed by atoms with Gasteiger partial charge < -0.3 is 9.84 Å². The van der Waals surface area contributed by atoms with Gasteiger partial charge in [-0.1, -0.05) is 12.1 Å². The molecule has 1 aromatic heterocycles. The number of carboxylic acid groups (broad SMARTS) is 1. The molecule has 13 heteroatoms. The molecule has 1 heterocycles. The molecule has 12 nitrogen and oxygen atoms in total. The van der Waals surface area contributed by atoms with Gasteiger partial charge >= 0.3 is 18.0 Å². The smallest absolute Gasteiger partial charge is 0.337 e. The van der Waals surface area contributed by atoms with E-state index < -0.39 is 38.4 Å². The minimum Gasteiger partial charge on any atom is -0.478 e. The molecule has 0 unspecified atom stereocenters. The van der Waals surface area contributed by atoms with E-state index in [1.807, 2.05) is 5.32 Å². The number of carbonyl (C=O) groups is 3. The lowest BCUT2D eigenvalue weighted by Crippen LogP contribution is -2.35. The summed E-state index contributed by atoms with van der Waals surface area (Å²) in [6, 6.07) is 3.16. The summed E-state index contributed by atoms with van der Waals surface area (Å²) >= 11 is 0. The van der Waals surface area contributed by atoms with Crippen molar-refractivity contribution in [2.75, 3.05) is 12.4 Å². The molecule has 1 aromatic carbocycles. The fourth-order valence-electron chi connectivity index (χ4n) is 1.75. The van der Waals surface area contributed by atoms with Gasteiger partial charge in [-0.25, -0.2) is 22.7 Å². The van der Waals surface area contributed by atoms with Crippen LogP contribution in [-0.2, 0) is 10.0 Å². The molecule has 0 atom stereocenters. The van der Waals surface area contributed by atoms with Crippen molar-refractivity contribution in [3.63, 3.8) is 0 Å². The summed E-state index contributed by atoms with van der Waals surface area (Å²) in [6.45, 7) is 0. The normalized spacial score (nSPS) is 10.7. The number of benzene rings is 1. The number of aromatic carboxylic acids is 1. The predicted octanol–water partition coefficient (Wildman–Crippen LogP) is -0.0987. The summed E-state index contributed by atoms with van der Waals surface area (Å²) in [4.78, 5) is 43.9. The molecule has 0 spiro atoms. The number of aldehydes is 1. The van der Waals surface area contributed by atoms with Crippen molar-refractivity contribution in [3.8, 4) is 6.01 Å². The summed E-state index contributed by atoms with van der Waals surface area (Å²) in [6.07, 6.45) is 0.271. The van der Waals surface area contributed by atoms with Crippen molar-refractivity contribution in [3.05, 3.63) is 35.7 Å². The maximum absolute atomic E-state index is 12.2. The van der Waals surface area contributed by atoms with Gasteiger partial charge in [-0.15, -0.1) is 0 Å². The maximum Gasteiger partial charge on any atom is 0.337 e. The zero-order chi connectivity index (χ0) is 19.3. The Morgan fingerprint density at radius 1 is 1.19 bits per heavy atom. The molecule has 0 radical (unpaired) electrons. The van der Waals surface area contributed by atoms with Crippen molar-refractivity contribution < 1.29 is 32.6 Å². The maximum atomic E-state index is 12.2. The van der Waals surface area contributed by atoms with Crippen LogP contribution in [0.2, 0.25) is 0 Å². The van der Waals surface area contributed by atoms with Crippen molar-refractivity contribution in [2.45, 2.75) is 4.90 Å². The molecule has 3 N–H and O–H groups in total. The topological polar surface area (TPSA) is 178 Å². The summed E-state index contributed by atoms with van der Waals surface area (Å²) in [5.74, 6) is -2.28. The van der Waals surface area contributed by atoms with Gasteiger partial charge in [0.05, 0.1) is 12.7 Å². The zero-order valence-electron chi connectivity index (χ0n) is 13.0. The van der Waals surface area contributed by atoms with Crippen molar-refractivity contribution >= 4 is 34.3 Å². The highest BCUT2D eigenvalue weighted by Gasteiger charge is 2.24. The van der Waals surface area contributed by atoms with E-state index in [0.717, 1.165) is 12.1 Å². The standard InChI is InChI=1S/C13H11N5O7S/c1-25-13-15-9(6-19)14-11(17-13)16-12(22)18-26(23,24)8-5-3-2-4-7(8)10(20)21/h2-6H,1H3,(H,20,21)(H2,14,15,16,17,18,22). The number of sulfonamides is 1. The second-order valence-corrected chi connectivity index (χ2v) is 6.13. The quantitative estimate of drug-likeness (QED) is 0.572. The van der Waals surface area contributed by atoms with E-state index in [1.54, 1.807) is 4.72 Å². The monoisotopic (exact) mass is 381 g/mol. The minimum absolute atomic E-state index is 0.271. The highest BCUT2D eigenvalue weighted by Crippen LogP contribution is 2.15. The van der Waals surface area contributed by atoms with E-state index in [-0.39, 0.29) is 18.1 Å². The number of nitrogens with zero attached hydrogens (tertiary/aromatic N) is 3. The first-order valence-corrected chi connectivity index (χ1v) is 8.16. The van der Waals surface area contributed by atoms with E-state index in [4.69, 9.17) is 9.84 Å². The number of hydrogen-bond acceptors (Lipinski definition) is 9. The molecule has 2 amide bonds. The molecule has 2 rings (SSSR count). The number of urea groups is 1. The fourth-order valence-corrected chi connectivity index (χ4v) is 2.86. The number of anilines is 1. The van der Waals surface area contributed by atoms with Crippen molar-refractivity contribution in [1.82, 2.24) is 19.7 Å². The fraction of sp³-hybridized carbons (Fsp3) is 0.0769. The number of carbonyl (C=O) groups excluding carboxylic acids is 2. The number of ether oxygens (including phenoxy) is 1. The lowest BCUT2D eigenvalue weighted by molar-refractivity contribution is 0.0692. The van der Waals surface area contributed by atoms with Gasteiger partial charge in [-0.3, -0.25) is 10.1 Å². The van der Waals surface area contributed by atoms with Gasteiger partial charge in [0, 0.05) is 0 Å². The van der Waals surface area contributed by atoms with Gasteiger partial charge in [0.2, 0.25) is 11.8 Å². The van der Waals surface area contributed by atoms with Crippen LogP contribution in [0.5, 0.6) is 6.01 Å². The largest absolute Gasteiger partial charge is 0.478 e. The average Bonchev–Trinajstić information content (AvgIpc) is 2.60. The van der Waals surface area contributed by atoms with E-state index in [2.05, 4.69) is 15.0 Å². The Morgan fingerprint density at radius 3 is 2.50 bits per heavy atom. The van der Waals surface area contributed by atoms with Crippen LogP contribution < -0.4 is 14.8 Å². The summed E-state index contributed by atoms with van der Waals surface area (Å²) < 4.78 is 30.8. The second-order valence-electron chi connectivity index (χ2n) is 4.48. The van der Waals surface area contributed by atoms with Crippen LogP contribution in [0, 0.1) is 0 Å². The third kappa shape index (κ3) is 4.27. The number of nitrogens with one attached hydrogen (secondary N) is 2. The molecule has 2 aromatic rings. The Hall–Kier alpha value is -3.61. The van der Waals surface area contributed by atoms with E-state index >= 15 is 0 Å². The first-order chi connectivity index (χ1) is 12.3. The van der Waals surface area contributed by atoms with Crippen molar-refractivity contribution in [1.29, 1.82) is 0 Å². The number of rotatable bonds is 6. The number of carboxylic acids is 1. The first-order valence-electron chi connectivity index (χ1n) is 6.68. The zero-order valence-corrected chi connectivity index (χ0v) is 13.8. The number of amides is 2. The molecule has 0 aliphatic heterocycles. The van der Waals surface area contributed by atoms with Gasteiger partial charge in [0.25, 0.3) is 10.0 Å². The Kier molecular flexibility index (Phi) is 5.42. The van der Waals surface area contributed by atoms with Gasteiger partial charge in [0.1, 0.15) is 4.90 Å². The van der Waals surface area contributed by atoms with Crippen molar-refractivity contribution in [2.24, 2.45) is 0 Å². The van der Waals surface area contributed by atoms with E-state index in [9.17, 15) is 22.8 Å². The molecule has 0 bridgehead atoms. The second kappa shape index (κ2) is 7.52. The predicted molar refractivity (Wildman–Crippen MR) is 84.5 cm³/mol. The molecule has 0 fully saturated rings. The Balaban J connectivity index is 2.25. The number of hydrogen-bond donors (Lipinski definition) is 3. The van der Waals surface area contributed by atoms with Crippen LogP contribution in [0.15, 0.2) is 29.2 Å². The highest BCUT2D eigenvalue weighted by atomic mass is 32.2. The molecular formula is C13H11N5O7S. The number of methoxy groups -OCH3 is 1.